The maximum Gasteiger partial charge on any atom is 0.309 e. The van der Waals surface area contributed by atoms with E-state index >= 15 is 0 Å². The van der Waals surface area contributed by atoms with Crippen LogP contribution in [0.4, 0.5) is 4.39 Å². The minimum absolute atomic E-state index is 0.0319. The average Bonchev–Trinajstić information content (AvgIpc) is 2.56. The largest absolute Gasteiger partial charge is 0.458 e. The fourth-order valence-corrected chi connectivity index (χ4v) is 4.38. The fraction of sp³-hybridized carbons (Fsp3) is 0.522. The van der Waals surface area contributed by atoms with Gasteiger partial charge in [0.05, 0.1) is 18.6 Å². The Balaban J connectivity index is 2.04. The van der Waals surface area contributed by atoms with Crippen molar-refractivity contribution in [1.82, 2.24) is 0 Å². The average molecular weight is 388 g/mol. The van der Waals surface area contributed by atoms with Crippen LogP contribution in [0.3, 0.4) is 0 Å². The van der Waals surface area contributed by atoms with E-state index in [1.165, 1.54) is 0 Å². The normalized spacial score (nSPS) is 28.0. The topological polar surface area (TPSA) is 66.8 Å². The van der Waals surface area contributed by atoms with Crippen molar-refractivity contribution in [2.45, 2.75) is 71.7 Å². The van der Waals surface area contributed by atoms with Crippen LogP contribution < -0.4 is 0 Å². The van der Waals surface area contributed by atoms with Crippen molar-refractivity contribution in [3.63, 3.8) is 0 Å². The zero-order valence-electron chi connectivity index (χ0n) is 17.0. The molecule has 28 heavy (non-hydrogen) atoms. The van der Waals surface area contributed by atoms with Crippen LogP contribution in [0, 0.1) is 25.1 Å². The summed E-state index contributed by atoms with van der Waals surface area (Å²) in [5, 5.41) is 20.3. The van der Waals surface area contributed by atoms with E-state index in [1.54, 1.807) is 13.8 Å². The number of hydrogen-bond acceptors (Lipinski definition) is 4. The van der Waals surface area contributed by atoms with Crippen molar-refractivity contribution in [2.75, 3.05) is 0 Å². The first-order chi connectivity index (χ1) is 13.1. The Morgan fingerprint density at radius 1 is 1.14 bits per heavy atom. The van der Waals surface area contributed by atoms with Crippen LogP contribution in [0.1, 0.15) is 56.2 Å². The molecule has 0 amide bonds. The molecule has 3 atom stereocenters. The van der Waals surface area contributed by atoms with Crippen LogP contribution in [0.5, 0.6) is 0 Å². The van der Waals surface area contributed by atoms with E-state index < -0.39 is 24.3 Å². The number of benzene rings is 1. The number of aliphatic hydroxyl groups excluding tert-OH is 2. The molecule has 5 heteroatoms. The van der Waals surface area contributed by atoms with E-state index in [4.69, 9.17) is 4.74 Å². The Morgan fingerprint density at radius 2 is 1.79 bits per heavy atom. The van der Waals surface area contributed by atoms with Gasteiger partial charge in [-0.05, 0) is 78.1 Å². The highest BCUT2D eigenvalue weighted by Crippen LogP contribution is 2.45. The maximum absolute atomic E-state index is 14.1. The summed E-state index contributed by atoms with van der Waals surface area (Å²) in [6, 6.07) is 3.65. The van der Waals surface area contributed by atoms with Gasteiger partial charge in [0.25, 0.3) is 0 Å². The van der Waals surface area contributed by atoms with Crippen LogP contribution in [0.2, 0.25) is 0 Å². The van der Waals surface area contributed by atoms with Gasteiger partial charge in [0, 0.05) is 6.42 Å². The Morgan fingerprint density at radius 3 is 2.39 bits per heavy atom. The zero-order valence-corrected chi connectivity index (χ0v) is 17.0. The molecule has 1 aromatic rings. The summed E-state index contributed by atoms with van der Waals surface area (Å²) in [7, 11) is 0. The Kier molecular flexibility index (Phi) is 5.78. The van der Waals surface area contributed by atoms with Crippen molar-refractivity contribution in [3.8, 4) is 0 Å². The van der Waals surface area contributed by atoms with Crippen molar-refractivity contribution in [1.29, 1.82) is 0 Å². The van der Waals surface area contributed by atoms with Gasteiger partial charge in [-0.25, -0.2) is 4.39 Å². The molecule has 1 aliphatic heterocycles. The predicted octanol–water partition coefficient (Wildman–Crippen LogP) is 4.00. The third kappa shape index (κ3) is 4.36. The molecular weight excluding hydrogens is 359 g/mol. The van der Waals surface area contributed by atoms with Crippen LogP contribution in [0.25, 0.3) is 5.57 Å². The first-order valence-corrected chi connectivity index (χ1v) is 9.81. The molecule has 1 heterocycles. The Bertz CT molecular complexity index is 814. The highest BCUT2D eigenvalue weighted by Gasteiger charge is 2.34. The van der Waals surface area contributed by atoms with Gasteiger partial charge < -0.3 is 14.9 Å². The monoisotopic (exact) mass is 388 g/mol. The van der Waals surface area contributed by atoms with Gasteiger partial charge in [-0.2, -0.15) is 0 Å². The summed E-state index contributed by atoms with van der Waals surface area (Å²) in [6.07, 6.45) is 3.65. The number of allylic oxidation sites excluding steroid dienone is 2. The summed E-state index contributed by atoms with van der Waals surface area (Å²) in [5.41, 5.74) is 3.79. The lowest BCUT2D eigenvalue weighted by Gasteiger charge is -2.37. The summed E-state index contributed by atoms with van der Waals surface area (Å²) < 4.78 is 19.4. The number of carbonyl (C=O) groups excluding carboxylic acids is 1. The third-order valence-corrected chi connectivity index (χ3v) is 5.69. The predicted molar refractivity (Wildman–Crippen MR) is 106 cm³/mol. The minimum atomic E-state index is -0.687. The number of aryl methyl sites for hydroxylation is 2. The number of rotatable bonds is 3. The number of ether oxygens (including phenoxy) is 1. The number of cyclic esters (lactones) is 1. The fourth-order valence-electron chi connectivity index (χ4n) is 4.38. The Hall–Kier alpha value is -1.98. The molecule has 0 saturated carbocycles. The molecule has 3 rings (SSSR count). The van der Waals surface area contributed by atoms with Gasteiger partial charge in [-0.3, -0.25) is 4.79 Å². The van der Waals surface area contributed by atoms with E-state index in [0.29, 0.717) is 30.4 Å². The first kappa shape index (κ1) is 20.7. The summed E-state index contributed by atoms with van der Waals surface area (Å²) in [5.74, 6) is -0.606. The van der Waals surface area contributed by atoms with Gasteiger partial charge in [-0.1, -0.05) is 19.9 Å². The Labute approximate surface area is 165 Å². The smallest absolute Gasteiger partial charge is 0.309 e. The molecular formula is C23H29FO4. The van der Waals surface area contributed by atoms with Crippen molar-refractivity contribution >= 4 is 11.5 Å². The molecule has 4 nitrogen and oxygen atoms in total. The zero-order chi connectivity index (χ0) is 20.6. The first-order valence-electron chi connectivity index (χ1n) is 9.81. The van der Waals surface area contributed by atoms with Crippen LogP contribution in [-0.2, 0) is 9.53 Å². The van der Waals surface area contributed by atoms with Gasteiger partial charge >= 0.3 is 5.97 Å². The highest BCUT2D eigenvalue weighted by atomic mass is 19.1. The number of carbonyl (C=O) groups is 1. The molecule has 1 unspecified atom stereocenters. The molecule has 1 saturated heterocycles. The number of halogens is 1. The van der Waals surface area contributed by atoms with Crippen LogP contribution in [-0.4, -0.2) is 34.5 Å². The second kappa shape index (κ2) is 7.80. The third-order valence-electron chi connectivity index (χ3n) is 5.69. The molecule has 0 bridgehead atoms. The lowest BCUT2D eigenvalue weighted by molar-refractivity contribution is -0.156. The number of esters is 1. The maximum atomic E-state index is 14.1. The van der Waals surface area contributed by atoms with Gasteiger partial charge in [-0.15, -0.1) is 0 Å². The molecule has 2 N–H and O–H groups in total. The standard InChI is InChI=1S/C23H29FO4/c1-13-7-15(8-14(2)22(13)24)19-10-17(26)12-23(3,4)20(19)6-5-18-9-16(25)11-21(27)28-18/h5-8,16-18,25-26H,9-12H2,1-4H3/b6-5+/t16-,17?,18-/m0/s1. The van der Waals surface area contributed by atoms with E-state index in [1.807, 2.05) is 24.3 Å². The van der Waals surface area contributed by atoms with Gasteiger partial charge in [0.2, 0.25) is 0 Å². The molecule has 1 fully saturated rings. The van der Waals surface area contributed by atoms with E-state index in [0.717, 1.165) is 16.7 Å². The van der Waals surface area contributed by atoms with Crippen molar-refractivity contribution in [2.24, 2.45) is 5.41 Å². The molecule has 152 valence electrons. The lowest BCUT2D eigenvalue weighted by Crippen LogP contribution is -2.32. The molecule has 1 aliphatic carbocycles. The van der Waals surface area contributed by atoms with E-state index in [2.05, 4.69) is 13.8 Å². The van der Waals surface area contributed by atoms with E-state index in [-0.39, 0.29) is 17.7 Å². The number of hydrogen-bond donors (Lipinski definition) is 2. The highest BCUT2D eigenvalue weighted by molar-refractivity contribution is 5.75. The molecule has 1 aromatic carbocycles. The summed E-state index contributed by atoms with van der Waals surface area (Å²) in [6.45, 7) is 7.63. The second-order valence-corrected chi connectivity index (χ2v) is 8.74. The molecule has 2 aliphatic rings. The van der Waals surface area contributed by atoms with Crippen LogP contribution in [0.15, 0.2) is 29.9 Å². The molecule has 0 radical (unpaired) electrons. The number of aliphatic hydroxyl groups is 2. The second-order valence-electron chi connectivity index (χ2n) is 8.74. The quantitative estimate of drug-likeness (QED) is 0.768. The van der Waals surface area contributed by atoms with Crippen LogP contribution >= 0.6 is 0 Å². The minimum Gasteiger partial charge on any atom is -0.458 e. The van der Waals surface area contributed by atoms with E-state index in [9.17, 15) is 19.4 Å². The van der Waals surface area contributed by atoms with Crippen molar-refractivity contribution in [3.05, 3.63) is 52.4 Å². The lowest BCUT2D eigenvalue weighted by atomic mass is 9.69. The molecule has 0 aromatic heterocycles. The summed E-state index contributed by atoms with van der Waals surface area (Å²) in [4.78, 5) is 11.6. The van der Waals surface area contributed by atoms with Gasteiger partial charge in [0.15, 0.2) is 0 Å². The summed E-state index contributed by atoms with van der Waals surface area (Å²) >= 11 is 0. The SMILES string of the molecule is Cc1cc(C2=C(/C=C/[C@H]3C[C@H](O)CC(=O)O3)C(C)(C)CC(O)C2)cc(C)c1F. The molecule has 0 spiro atoms. The van der Waals surface area contributed by atoms with Crippen molar-refractivity contribution < 1.29 is 24.1 Å². The van der Waals surface area contributed by atoms with Gasteiger partial charge in [0.1, 0.15) is 11.9 Å².